The second kappa shape index (κ2) is 5.96. The molecule has 0 aliphatic heterocycles. The van der Waals surface area contributed by atoms with Gasteiger partial charge in [0.05, 0.1) is 11.3 Å². The summed E-state index contributed by atoms with van der Waals surface area (Å²) < 4.78 is 2.15. The van der Waals surface area contributed by atoms with Gasteiger partial charge in [-0.25, -0.2) is 9.36 Å². The second-order valence-electron chi connectivity index (χ2n) is 5.26. The maximum Gasteiger partial charge on any atom is 0.334 e. The third kappa shape index (κ3) is 2.81. The lowest BCUT2D eigenvalue weighted by Crippen LogP contribution is -2.36. The molecule has 2 aromatic rings. The van der Waals surface area contributed by atoms with E-state index >= 15 is 0 Å². The van der Waals surface area contributed by atoms with Gasteiger partial charge in [0.25, 0.3) is 5.56 Å². The fourth-order valence-corrected chi connectivity index (χ4v) is 3.78. The van der Waals surface area contributed by atoms with Crippen LogP contribution in [-0.4, -0.2) is 9.55 Å². The van der Waals surface area contributed by atoms with Gasteiger partial charge in [0.15, 0.2) is 0 Å². The maximum atomic E-state index is 12.8. The highest BCUT2D eigenvalue weighted by Gasteiger charge is 2.25. The van der Waals surface area contributed by atoms with Crippen molar-refractivity contribution in [1.82, 2.24) is 9.55 Å². The topological polar surface area (TPSA) is 54.9 Å². The number of halogens is 2. The highest BCUT2D eigenvalue weighted by atomic mass is 127. The lowest BCUT2D eigenvalue weighted by molar-refractivity contribution is 0.688. The van der Waals surface area contributed by atoms with Crippen LogP contribution in [0.5, 0.6) is 0 Å². The Morgan fingerprint density at radius 3 is 2.62 bits per heavy atom. The highest BCUT2D eigenvalue weighted by Crippen LogP contribution is 2.34. The normalized spacial score (nSPS) is 15.5. The fraction of sp³-hybridized carbons (Fsp3) is 0.333. The van der Waals surface area contributed by atoms with E-state index in [1.54, 1.807) is 6.07 Å². The van der Waals surface area contributed by atoms with Gasteiger partial charge in [-0.15, -0.1) is 0 Å². The van der Waals surface area contributed by atoms with Gasteiger partial charge in [0.1, 0.15) is 5.15 Å². The lowest BCUT2D eigenvalue weighted by Gasteiger charge is -2.13. The number of nitrogens with one attached hydrogen (secondary N) is 1. The van der Waals surface area contributed by atoms with Gasteiger partial charge >= 0.3 is 5.69 Å². The molecule has 21 heavy (non-hydrogen) atoms. The molecule has 0 amide bonds. The smallest absolute Gasteiger partial charge is 0.297 e. The summed E-state index contributed by atoms with van der Waals surface area (Å²) in [6.07, 6.45) is 4.10. The highest BCUT2D eigenvalue weighted by molar-refractivity contribution is 14.1. The van der Waals surface area contributed by atoms with Crippen LogP contribution in [0.25, 0.3) is 5.69 Å². The van der Waals surface area contributed by atoms with Crippen LogP contribution < -0.4 is 11.2 Å². The van der Waals surface area contributed by atoms with Crippen LogP contribution in [0.15, 0.2) is 33.9 Å². The van der Waals surface area contributed by atoms with Crippen LogP contribution in [0.2, 0.25) is 5.15 Å². The number of aromatic nitrogens is 2. The number of hydrogen-bond acceptors (Lipinski definition) is 2. The van der Waals surface area contributed by atoms with E-state index in [-0.39, 0.29) is 16.6 Å². The molecule has 0 spiro atoms. The van der Waals surface area contributed by atoms with Gasteiger partial charge in [-0.2, -0.15) is 0 Å². The minimum Gasteiger partial charge on any atom is -0.297 e. The van der Waals surface area contributed by atoms with E-state index in [2.05, 4.69) is 27.6 Å². The van der Waals surface area contributed by atoms with E-state index in [4.69, 9.17) is 11.6 Å². The minimum atomic E-state index is -0.492. The largest absolute Gasteiger partial charge is 0.334 e. The summed E-state index contributed by atoms with van der Waals surface area (Å²) in [5.74, 6) is 0.149. The van der Waals surface area contributed by atoms with Crippen molar-refractivity contribution in [2.75, 3.05) is 0 Å². The van der Waals surface area contributed by atoms with Gasteiger partial charge in [0.2, 0.25) is 0 Å². The number of rotatable bonds is 2. The van der Waals surface area contributed by atoms with Gasteiger partial charge in [0, 0.05) is 3.57 Å². The average molecular weight is 417 g/mol. The van der Waals surface area contributed by atoms with Crippen LogP contribution in [0.3, 0.4) is 0 Å². The van der Waals surface area contributed by atoms with Crippen molar-refractivity contribution >= 4 is 34.2 Å². The monoisotopic (exact) mass is 416 g/mol. The van der Waals surface area contributed by atoms with E-state index in [1.807, 2.05) is 18.2 Å². The van der Waals surface area contributed by atoms with Crippen molar-refractivity contribution in [2.24, 2.45) is 0 Å². The molecule has 4 nitrogen and oxygen atoms in total. The predicted octanol–water partition coefficient (Wildman–Crippen LogP) is 3.44. The molecular weight excluding hydrogens is 403 g/mol. The molecule has 1 saturated carbocycles. The molecule has 0 unspecified atom stereocenters. The fourth-order valence-electron chi connectivity index (χ4n) is 2.94. The zero-order chi connectivity index (χ0) is 15.0. The molecule has 0 bridgehead atoms. The third-order valence-corrected chi connectivity index (χ3v) is 4.89. The van der Waals surface area contributed by atoms with Crippen molar-refractivity contribution in [3.63, 3.8) is 0 Å². The standard InChI is InChI=1S/C15H14ClIN2O2/c16-13-12(9-4-1-2-5-9)14(20)19(15(21)18-13)11-7-3-6-10(17)8-11/h3,6-9H,1-2,4-5H2,(H,18,21). The van der Waals surface area contributed by atoms with Crippen LogP contribution in [0.1, 0.15) is 37.2 Å². The quantitative estimate of drug-likeness (QED) is 0.602. The summed E-state index contributed by atoms with van der Waals surface area (Å²) in [6, 6.07) is 7.30. The van der Waals surface area contributed by atoms with Crippen LogP contribution in [0, 0.1) is 3.57 Å². The SMILES string of the molecule is O=c1[nH]c(Cl)c(C2CCCC2)c(=O)n1-c1cccc(I)c1. The van der Waals surface area contributed by atoms with E-state index in [9.17, 15) is 9.59 Å². The molecular formula is C15H14ClIN2O2. The summed E-state index contributed by atoms with van der Waals surface area (Å²) in [4.78, 5) is 27.5. The predicted molar refractivity (Wildman–Crippen MR) is 91.6 cm³/mol. The Hall–Kier alpha value is -1.08. The molecule has 1 aliphatic carbocycles. The first kappa shape index (κ1) is 14.8. The Kier molecular flexibility index (Phi) is 4.21. The van der Waals surface area contributed by atoms with E-state index < -0.39 is 5.69 Å². The van der Waals surface area contributed by atoms with Crippen LogP contribution >= 0.6 is 34.2 Å². The van der Waals surface area contributed by atoms with Crippen LogP contribution in [0.4, 0.5) is 0 Å². The first-order chi connectivity index (χ1) is 10.1. The molecule has 6 heteroatoms. The van der Waals surface area contributed by atoms with Crippen molar-refractivity contribution in [2.45, 2.75) is 31.6 Å². The molecule has 1 heterocycles. The molecule has 0 atom stereocenters. The molecule has 1 aromatic carbocycles. The summed E-state index contributed by atoms with van der Waals surface area (Å²) >= 11 is 8.29. The van der Waals surface area contributed by atoms with Crippen LogP contribution in [-0.2, 0) is 0 Å². The molecule has 1 aromatic heterocycles. The maximum absolute atomic E-state index is 12.8. The van der Waals surface area contributed by atoms with Gasteiger partial charge in [-0.1, -0.05) is 30.5 Å². The molecule has 1 fully saturated rings. The number of aromatic amines is 1. The summed E-state index contributed by atoms with van der Waals surface area (Å²) in [7, 11) is 0. The Balaban J connectivity index is 2.24. The van der Waals surface area contributed by atoms with Crippen molar-refractivity contribution in [1.29, 1.82) is 0 Å². The molecule has 1 N–H and O–H groups in total. The van der Waals surface area contributed by atoms with Crippen molar-refractivity contribution < 1.29 is 0 Å². The van der Waals surface area contributed by atoms with E-state index in [0.717, 1.165) is 29.3 Å². The minimum absolute atomic E-state index is 0.149. The third-order valence-electron chi connectivity index (χ3n) is 3.92. The summed E-state index contributed by atoms with van der Waals surface area (Å²) in [5.41, 5.74) is 0.336. The van der Waals surface area contributed by atoms with Gasteiger partial charge in [-0.05, 0) is 59.5 Å². The first-order valence-corrected chi connectivity index (χ1v) is 8.34. The van der Waals surface area contributed by atoms with E-state index in [1.165, 1.54) is 4.57 Å². The molecule has 110 valence electrons. The van der Waals surface area contributed by atoms with Crippen molar-refractivity contribution in [3.05, 3.63) is 59.4 Å². The first-order valence-electron chi connectivity index (χ1n) is 6.88. The number of hydrogen-bond donors (Lipinski definition) is 1. The number of nitrogens with zero attached hydrogens (tertiary/aromatic N) is 1. The average Bonchev–Trinajstić information content (AvgIpc) is 2.92. The van der Waals surface area contributed by atoms with Gasteiger partial charge in [-0.3, -0.25) is 9.78 Å². The zero-order valence-electron chi connectivity index (χ0n) is 11.2. The second-order valence-corrected chi connectivity index (χ2v) is 6.88. The number of H-pyrrole nitrogens is 1. The summed E-state index contributed by atoms with van der Waals surface area (Å²) in [5, 5.41) is 0.193. The van der Waals surface area contributed by atoms with Crippen molar-refractivity contribution in [3.8, 4) is 5.69 Å². The molecule has 0 radical (unpaired) electrons. The Morgan fingerprint density at radius 2 is 1.95 bits per heavy atom. The Labute approximate surface area is 140 Å². The zero-order valence-corrected chi connectivity index (χ0v) is 14.1. The molecule has 3 rings (SSSR count). The summed E-state index contributed by atoms with van der Waals surface area (Å²) in [6.45, 7) is 0. The molecule has 1 aliphatic rings. The number of benzene rings is 1. The van der Waals surface area contributed by atoms with E-state index in [0.29, 0.717) is 11.3 Å². The molecule has 0 saturated heterocycles. The Bertz CT molecular complexity index is 791. The Morgan fingerprint density at radius 1 is 1.24 bits per heavy atom. The lowest BCUT2D eigenvalue weighted by atomic mass is 10.0. The van der Waals surface area contributed by atoms with Gasteiger partial charge < -0.3 is 0 Å².